The lowest BCUT2D eigenvalue weighted by Gasteiger charge is -2.26. The Kier molecular flexibility index (Phi) is 6.30. The SMILES string of the molecule is COc1cc(OC)c(N2C(=NC(=O)CCC(=O)O)S[C@H]3CS(=O)(=O)C[C@H]32)cc1Cl. The van der Waals surface area contributed by atoms with E-state index >= 15 is 0 Å². The van der Waals surface area contributed by atoms with Crippen LogP contribution in [0.1, 0.15) is 12.8 Å². The van der Waals surface area contributed by atoms with Gasteiger partial charge in [-0.2, -0.15) is 4.99 Å². The maximum absolute atomic E-state index is 12.2. The van der Waals surface area contributed by atoms with E-state index in [2.05, 4.69) is 4.99 Å². The molecule has 0 unspecified atom stereocenters. The van der Waals surface area contributed by atoms with Crippen LogP contribution in [-0.2, 0) is 19.4 Å². The number of nitrogens with zero attached hydrogens (tertiary/aromatic N) is 2. The van der Waals surface area contributed by atoms with E-state index in [1.807, 2.05) is 0 Å². The highest BCUT2D eigenvalue weighted by Crippen LogP contribution is 2.46. The fourth-order valence-corrected chi connectivity index (χ4v) is 7.41. The molecule has 2 atom stereocenters. The Morgan fingerprint density at radius 3 is 2.55 bits per heavy atom. The van der Waals surface area contributed by atoms with Crippen molar-refractivity contribution in [2.75, 3.05) is 30.6 Å². The summed E-state index contributed by atoms with van der Waals surface area (Å²) in [5, 5.41) is 9.04. The topological polar surface area (TPSA) is 123 Å². The maximum Gasteiger partial charge on any atom is 0.303 e. The number of aliphatic carboxylic acids is 1. The average Bonchev–Trinajstić information content (AvgIpc) is 3.10. The van der Waals surface area contributed by atoms with Gasteiger partial charge in [0.1, 0.15) is 11.5 Å². The van der Waals surface area contributed by atoms with E-state index in [4.69, 9.17) is 26.2 Å². The van der Waals surface area contributed by atoms with Crippen LogP contribution in [0, 0.1) is 0 Å². The zero-order valence-corrected chi connectivity index (χ0v) is 18.0. The molecule has 1 N–H and O–H groups in total. The number of carbonyl (C=O) groups is 2. The second kappa shape index (κ2) is 8.41. The van der Waals surface area contributed by atoms with Crippen molar-refractivity contribution >= 4 is 55.9 Å². The van der Waals surface area contributed by atoms with Gasteiger partial charge in [-0.25, -0.2) is 8.42 Å². The first-order chi connectivity index (χ1) is 13.6. The van der Waals surface area contributed by atoms with Crippen molar-refractivity contribution in [3.63, 3.8) is 0 Å². The summed E-state index contributed by atoms with van der Waals surface area (Å²) < 4.78 is 35.0. The summed E-state index contributed by atoms with van der Waals surface area (Å²) in [6, 6.07) is 2.70. The van der Waals surface area contributed by atoms with E-state index in [1.54, 1.807) is 17.0 Å². The molecule has 2 aliphatic rings. The Labute approximate surface area is 176 Å². The highest BCUT2D eigenvalue weighted by Gasteiger charge is 2.50. The number of thioether (sulfide) groups is 1. The van der Waals surface area contributed by atoms with Crippen LogP contribution >= 0.6 is 23.4 Å². The van der Waals surface area contributed by atoms with E-state index < -0.39 is 27.8 Å². The lowest BCUT2D eigenvalue weighted by molar-refractivity contribution is -0.138. The highest BCUT2D eigenvalue weighted by atomic mass is 35.5. The quantitative estimate of drug-likeness (QED) is 0.674. The molecule has 1 amide bonds. The largest absolute Gasteiger partial charge is 0.495 e. The molecule has 9 nitrogen and oxygen atoms in total. The third-order valence-electron chi connectivity index (χ3n) is 4.55. The molecule has 29 heavy (non-hydrogen) atoms. The number of benzene rings is 1. The zero-order chi connectivity index (χ0) is 21.3. The summed E-state index contributed by atoms with van der Waals surface area (Å²) >= 11 is 7.45. The summed E-state index contributed by atoms with van der Waals surface area (Å²) in [4.78, 5) is 28.6. The van der Waals surface area contributed by atoms with Crippen LogP contribution in [0.5, 0.6) is 11.5 Å². The first-order valence-corrected chi connectivity index (χ1v) is 11.6. The Bertz CT molecular complexity index is 980. The molecule has 12 heteroatoms. The molecule has 3 rings (SSSR count). The third kappa shape index (κ3) is 4.62. The minimum Gasteiger partial charge on any atom is -0.495 e. The summed E-state index contributed by atoms with van der Waals surface area (Å²) in [5.74, 6) is -1.07. The lowest BCUT2D eigenvalue weighted by atomic mass is 10.2. The second-order valence-corrected chi connectivity index (χ2v) is 10.3. The average molecular weight is 463 g/mol. The number of fused-ring (bicyclic) bond motifs is 1. The van der Waals surface area contributed by atoms with Crippen LogP contribution in [0.4, 0.5) is 5.69 Å². The molecule has 0 aliphatic carbocycles. The van der Waals surface area contributed by atoms with Crippen molar-refractivity contribution in [1.29, 1.82) is 0 Å². The number of sulfone groups is 1. The molecular weight excluding hydrogens is 444 g/mol. The van der Waals surface area contributed by atoms with Crippen molar-refractivity contribution in [3.8, 4) is 11.5 Å². The molecule has 1 aromatic rings. The number of carbonyl (C=O) groups excluding carboxylic acids is 1. The number of halogens is 1. The summed E-state index contributed by atoms with van der Waals surface area (Å²) in [6.45, 7) is 0. The number of carboxylic acids is 1. The van der Waals surface area contributed by atoms with Gasteiger partial charge in [-0.15, -0.1) is 0 Å². The number of hydrogen-bond donors (Lipinski definition) is 1. The molecular formula is C17H19ClN2O7S2. The fourth-order valence-electron chi connectivity index (χ4n) is 3.26. The summed E-state index contributed by atoms with van der Waals surface area (Å²) in [5.41, 5.74) is 0.459. The van der Waals surface area contributed by atoms with Gasteiger partial charge in [-0.3, -0.25) is 9.59 Å². The number of carboxylic acid groups (broad SMARTS) is 1. The molecule has 2 fully saturated rings. The van der Waals surface area contributed by atoms with E-state index in [0.29, 0.717) is 22.4 Å². The third-order valence-corrected chi connectivity index (χ3v) is 8.06. The van der Waals surface area contributed by atoms with Crippen molar-refractivity contribution in [1.82, 2.24) is 0 Å². The standard InChI is InChI=1S/C17H19ClN2O7S2/c1-26-12-6-13(27-2)10(5-9(12)18)20-11-7-29(24,25)8-14(11)28-17(20)19-15(21)3-4-16(22)23/h5-6,11,14H,3-4,7-8H2,1-2H3,(H,22,23)/t11-,14+/m1/s1. The lowest BCUT2D eigenvalue weighted by Crippen LogP contribution is -2.38. The predicted octanol–water partition coefficient (Wildman–Crippen LogP) is 1.82. The number of anilines is 1. The van der Waals surface area contributed by atoms with Crippen LogP contribution in [0.15, 0.2) is 17.1 Å². The summed E-state index contributed by atoms with van der Waals surface area (Å²) in [6.07, 6.45) is -0.583. The number of ether oxygens (including phenoxy) is 2. The van der Waals surface area contributed by atoms with Gasteiger partial charge in [-0.05, 0) is 6.07 Å². The van der Waals surface area contributed by atoms with E-state index in [9.17, 15) is 18.0 Å². The van der Waals surface area contributed by atoms with Crippen molar-refractivity contribution in [2.45, 2.75) is 24.1 Å². The maximum atomic E-state index is 12.2. The first-order valence-electron chi connectivity index (χ1n) is 8.56. The van der Waals surface area contributed by atoms with Gasteiger partial charge in [0, 0.05) is 17.7 Å². The number of rotatable bonds is 6. The minimum absolute atomic E-state index is 0.0344. The molecule has 158 valence electrons. The minimum atomic E-state index is -3.24. The Hall–Kier alpha value is -1.98. The second-order valence-electron chi connectivity index (χ2n) is 6.51. The van der Waals surface area contributed by atoms with Gasteiger partial charge in [0.05, 0.1) is 48.9 Å². The zero-order valence-electron chi connectivity index (χ0n) is 15.6. The molecule has 0 spiro atoms. The normalized spacial score (nSPS) is 23.8. The molecule has 2 aliphatic heterocycles. The van der Waals surface area contributed by atoms with Crippen molar-refractivity contribution in [2.24, 2.45) is 4.99 Å². The first kappa shape index (κ1) is 21.7. The van der Waals surface area contributed by atoms with Gasteiger partial charge >= 0.3 is 5.97 Å². The van der Waals surface area contributed by atoms with Gasteiger partial charge in [0.25, 0.3) is 0 Å². The number of aliphatic imine (C=N–C) groups is 1. The highest BCUT2D eigenvalue weighted by molar-refractivity contribution is 8.16. The van der Waals surface area contributed by atoms with Crippen LogP contribution in [0.2, 0.25) is 5.02 Å². The van der Waals surface area contributed by atoms with Gasteiger partial charge in [0.15, 0.2) is 15.0 Å². The smallest absolute Gasteiger partial charge is 0.303 e. The molecule has 0 saturated carbocycles. The molecule has 2 heterocycles. The van der Waals surface area contributed by atoms with E-state index in [1.165, 1.54) is 26.0 Å². The number of amidine groups is 1. The molecule has 1 aromatic carbocycles. The molecule has 0 aromatic heterocycles. The fraction of sp³-hybridized carbons (Fsp3) is 0.471. The summed E-state index contributed by atoms with van der Waals surface area (Å²) in [7, 11) is -0.332. The van der Waals surface area contributed by atoms with Gasteiger partial charge in [-0.1, -0.05) is 23.4 Å². The Morgan fingerprint density at radius 2 is 1.93 bits per heavy atom. The van der Waals surface area contributed by atoms with E-state index in [-0.39, 0.29) is 34.6 Å². The van der Waals surface area contributed by atoms with E-state index in [0.717, 1.165) is 0 Å². The monoisotopic (exact) mass is 462 g/mol. The van der Waals surface area contributed by atoms with Crippen molar-refractivity contribution < 1.29 is 32.6 Å². The number of methoxy groups -OCH3 is 2. The van der Waals surface area contributed by atoms with Crippen LogP contribution < -0.4 is 14.4 Å². The van der Waals surface area contributed by atoms with Crippen molar-refractivity contribution in [3.05, 3.63) is 17.2 Å². The van der Waals surface area contributed by atoms with Gasteiger partial charge < -0.3 is 19.5 Å². The molecule has 2 saturated heterocycles. The van der Waals surface area contributed by atoms with Crippen LogP contribution in [-0.4, -0.2) is 67.6 Å². The Morgan fingerprint density at radius 1 is 1.24 bits per heavy atom. The number of amides is 1. The molecule has 0 radical (unpaired) electrons. The molecule has 0 bridgehead atoms. The predicted molar refractivity (Wildman–Crippen MR) is 110 cm³/mol. The van der Waals surface area contributed by atoms with Crippen LogP contribution in [0.25, 0.3) is 0 Å². The van der Waals surface area contributed by atoms with Crippen LogP contribution in [0.3, 0.4) is 0 Å². The number of hydrogen-bond acceptors (Lipinski definition) is 7. The Balaban J connectivity index is 2.04. The van der Waals surface area contributed by atoms with Gasteiger partial charge in [0.2, 0.25) is 5.91 Å².